The number of unbranched alkanes of at least 4 members (excludes halogenated alkanes) is 2. The van der Waals surface area contributed by atoms with Crippen LogP contribution in [0.3, 0.4) is 0 Å². The first-order chi connectivity index (χ1) is 10.8. The van der Waals surface area contributed by atoms with E-state index >= 15 is 0 Å². The average molecular weight is 430 g/mol. The lowest BCUT2D eigenvalue weighted by atomic mass is 10.2. The standard InChI is InChI=1S/C17H26N4O.HI/c1-3-4-7-11-19-17(18-2)20-13-16(22)21-12-10-14-8-5-6-9-15(14)21;/h5-6,8-9H,3-4,7,10-13H2,1-2H3,(H2,18,19,20);1H. The predicted molar refractivity (Wildman–Crippen MR) is 107 cm³/mol. The maximum Gasteiger partial charge on any atom is 0.246 e. The number of rotatable bonds is 6. The molecular weight excluding hydrogens is 403 g/mol. The second kappa shape index (κ2) is 10.5. The van der Waals surface area contributed by atoms with Gasteiger partial charge in [0, 0.05) is 25.8 Å². The molecule has 128 valence electrons. The Labute approximate surface area is 156 Å². The third kappa shape index (κ3) is 5.67. The van der Waals surface area contributed by atoms with Crippen LogP contribution in [0.15, 0.2) is 29.3 Å². The summed E-state index contributed by atoms with van der Waals surface area (Å²) in [4.78, 5) is 18.4. The number of hydrogen-bond donors (Lipinski definition) is 2. The minimum Gasteiger partial charge on any atom is -0.356 e. The van der Waals surface area contributed by atoms with Crippen molar-refractivity contribution in [3.05, 3.63) is 29.8 Å². The summed E-state index contributed by atoms with van der Waals surface area (Å²) in [7, 11) is 1.73. The fraction of sp³-hybridized carbons (Fsp3) is 0.529. The Bertz CT molecular complexity index is 533. The average Bonchev–Trinajstić information content (AvgIpc) is 2.98. The van der Waals surface area contributed by atoms with Crippen molar-refractivity contribution in [1.29, 1.82) is 0 Å². The van der Waals surface area contributed by atoms with Gasteiger partial charge in [-0.3, -0.25) is 9.79 Å². The number of benzene rings is 1. The number of hydrogen-bond acceptors (Lipinski definition) is 2. The maximum absolute atomic E-state index is 12.4. The van der Waals surface area contributed by atoms with E-state index in [9.17, 15) is 4.79 Å². The molecule has 1 aromatic carbocycles. The van der Waals surface area contributed by atoms with E-state index < -0.39 is 0 Å². The van der Waals surface area contributed by atoms with Gasteiger partial charge in [0.25, 0.3) is 0 Å². The Hall–Kier alpha value is -1.31. The van der Waals surface area contributed by atoms with Gasteiger partial charge in [-0.1, -0.05) is 38.0 Å². The number of nitrogens with zero attached hydrogens (tertiary/aromatic N) is 2. The van der Waals surface area contributed by atoms with Gasteiger partial charge < -0.3 is 15.5 Å². The fourth-order valence-electron chi connectivity index (χ4n) is 2.65. The number of carbonyl (C=O) groups is 1. The number of halogens is 1. The smallest absolute Gasteiger partial charge is 0.246 e. The zero-order chi connectivity index (χ0) is 15.8. The van der Waals surface area contributed by atoms with Crippen molar-refractivity contribution in [1.82, 2.24) is 10.6 Å². The molecule has 0 saturated heterocycles. The van der Waals surface area contributed by atoms with E-state index in [1.807, 2.05) is 23.1 Å². The molecule has 0 unspecified atom stereocenters. The van der Waals surface area contributed by atoms with E-state index in [2.05, 4.69) is 28.6 Å². The highest BCUT2D eigenvalue weighted by atomic mass is 127. The maximum atomic E-state index is 12.4. The second-order valence-corrected chi connectivity index (χ2v) is 5.48. The van der Waals surface area contributed by atoms with Crippen molar-refractivity contribution in [3.8, 4) is 0 Å². The van der Waals surface area contributed by atoms with Gasteiger partial charge in [-0.15, -0.1) is 24.0 Å². The molecular formula is C17H27IN4O. The summed E-state index contributed by atoms with van der Waals surface area (Å²) in [5.41, 5.74) is 2.29. The van der Waals surface area contributed by atoms with E-state index in [1.54, 1.807) is 7.05 Å². The molecule has 1 amide bonds. The number of fused-ring (bicyclic) bond motifs is 1. The van der Waals surface area contributed by atoms with E-state index in [0.717, 1.165) is 31.6 Å². The molecule has 2 rings (SSSR count). The molecule has 0 spiro atoms. The largest absolute Gasteiger partial charge is 0.356 e. The van der Waals surface area contributed by atoms with Crippen LogP contribution in [0.5, 0.6) is 0 Å². The second-order valence-electron chi connectivity index (χ2n) is 5.48. The van der Waals surface area contributed by atoms with Crippen molar-refractivity contribution >= 4 is 41.5 Å². The topological polar surface area (TPSA) is 56.7 Å². The molecule has 0 radical (unpaired) electrons. The number of amides is 1. The quantitative estimate of drug-likeness (QED) is 0.316. The van der Waals surface area contributed by atoms with E-state index in [4.69, 9.17) is 0 Å². The summed E-state index contributed by atoms with van der Waals surface area (Å²) >= 11 is 0. The zero-order valence-corrected chi connectivity index (χ0v) is 16.3. The van der Waals surface area contributed by atoms with E-state index in [1.165, 1.54) is 18.4 Å². The monoisotopic (exact) mass is 430 g/mol. The Kier molecular flexibility index (Phi) is 8.98. The summed E-state index contributed by atoms with van der Waals surface area (Å²) < 4.78 is 0. The lowest BCUT2D eigenvalue weighted by molar-refractivity contribution is -0.117. The lowest BCUT2D eigenvalue weighted by Crippen LogP contribution is -2.44. The van der Waals surface area contributed by atoms with Gasteiger partial charge in [-0.05, 0) is 24.5 Å². The van der Waals surface area contributed by atoms with Gasteiger partial charge in [0.1, 0.15) is 0 Å². The van der Waals surface area contributed by atoms with Crippen molar-refractivity contribution in [2.24, 2.45) is 4.99 Å². The summed E-state index contributed by atoms with van der Waals surface area (Å²) in [5.74, 6) is 0.776. The molecule has 2 N–H and O–H groups in total. The molecule has 0 saturated carbocycles. The molecule has 1 aliphatic rings. The van der Waals surface area contributed by atoms with Crippen LogP contribution in [-0.2, 0) is 11.2 Å². The first-order valence-electron chi connectivity index (χ1n) is 8.09. The van der Waals surface area contributed by atoms with Gasteiger partial charge in [0.15, 0.2) is 5.96 Å². The minimum atomic E-state index is 0. The zero-order valence-electron chi connectivity index (χ0n) is 14.0. The number of nitrogens with one attached hydrogen (secondary N) is 2. The van der Waals surface area contributed by atoms with Crippen LogP contribution in [0.25, 0.3) is 0 Å². The lowest BCUT2D eigenvalue weighted by Gasteiger charge is -2.18. The van der Waals surface area contributed by atoms with Crippen LogP contribution in [0.2, 0.25) is 0 Å². The van der Waals surface area contributed by atoms with E-state index in [0.29, 0.717) is 5.96 Å². The van der Waals surface area contributed by atoms with E-state index in [-0.39, 0.29) is 36.4 Å². The molecule has 6 heteroatoms. The van der Waals surface area contributed by atoms with Crippen LogP contribution in [0.4, 0.5) is 5.69 Å². The van der Waals surface area contributed by atoms with Gasteiger partial charge in [0.05, 0.1) is 6.54 Å². The highest BCUT2D eigenvalue weighted by molar-refractivity contribution is 14.0. The summed E-state index contributed by atoms with van der Waals surface area (Å²) in [6, 6.07) is 8.10. The van der Waals surface area contributed by atoms with Crippen molar-refractivity contribution in [2.45, 2.75) is 32.6 Å². The third-order valence-electron chi connectivity index (χ3n) is 3.89. The Morgan fingerprint density at radius 1 is 1.26 bits per heavy atom. The summed E-state index contributed by atoms with van der Waals surface area (Å²) in [5, 5.41) is 6.34. The number of anilines is 1. The number of guanidine groups is 1. The molecule has 0 bridgehead atoms. The number of aliphatic imine (C=N–C) groups is 1. The fourth-order valence-corrected chi connectivity index (χ4v) is 2.65. The number of carbonyl (C=O) groups excluding carboxylic acids is 1. The van der Waals surface area contributed by atoms with Gasteiger partial charge in [-0.2, -0.15) is 0 Å². The molecule has 1 heterocycles. The number of para-hydroxylation sites is 1. The summed E-state index contributed by atoms with van der Waals surface area (Å²) in [6.45, 7) is 4.10. The Morgan fingerprint density at radius 2 is 2.04 bits per heavy atom. The SMILES string of the molecule is CCCCCNC(=NC)NCC(=O)N1CCc2ccccc21.I. The molecule has 1 aromatic rings. The Balaban J connectivity index is 0.00000264. The third-order valence-corrected chi connectivity index (χ3v) is 3.89. The van der Waals surface area contributed by atoms with Crippen LogP contribution >= 0.6 is 24.0 Å². The van der Waals surface area contributed by atoms with Gasteiger partial charge in [-0.25, -0.2) is 0 Å². The van der Waals surface area contributed by atoms with Crippen LogP contribution in [0, 0.1) is 0 Å². The van der Waals surface area contributed by atoms with Gasteiger partial charge in [0.2, 0.25) is 5.91 Å². The van der Waals surface area contributed by atoms with Crippen molar-refractivity contribution in [2.75, 3.05) is 31.6 Å². The highest BCUT2D eigenvalue weighted by Gasteiger charge is 2.23. The molecule has 0 fully saturated rings. The molecule has 0 aliphatic carbocycles. The Morgan fingerprint density at radius 3 is 2.78 bits per heavy atom. The molecule has 23 heavy (non-hydrogen) atoms. The van der Waals surface area contributed by atoms with Crippen molar-refractivity contribution in [3.63, 3.8) is 0 Å². The van der Waals surface area contributed by atoms with Crippen LogP contribution in [-0.4, -0.2) is 38.5 Å². The summed E-state index contributed by atoms with van der Waals surface area (Å²) in [6.07, 6.45) is 4.45. The van der Waals surface area contributed by atoms with Crippen LogP contribution in [0.1, 0.15) is 31.7 Å². The molecule has 0 aromatic heterocycles. The first kappa shape index (κ1) is 19.7. The van der Waals surface area contributed by atoms with Gasteiger partial charge >= 0.3 is 0 Å². The predicted octanol–water partition coefficient (Wildman–Crippen LogP) is 2.55. The first-order valence-corrected chi connectivity index (χ1v) is 8.09. The molecule has 5 nitrogen and oxygen atoms in total. The minimum absolute atomic E-state index is 0. The normalized spacial score (nSPS) is 13.3. The van der Waals surface area contributed by atoms with Crippen molar-refractivity contribution < 1.29 is 4.79 Å². The highest BCUT2D eigenvalue weighted by Crippen LogP contribution is 2.27. The molecule has 0 atom stereocenters. The molecule has 1 aliphatic heterocycles. The van der Waals surface area contributed by atoms with Crippen LogP contribution < -0.4 is 15.5 Å².